The van der Waals surface area contributed by atoms with E-state index in [0.29, 0.717) is 36.8 Å². The van der Waals surface area contributed by atoms with E-state index in [-0.39, 0.29) is 5.56 Å². The van der Waals surface area contributed by atoms with Crippen molar-refractivity contribution in [3.63, 3.8) is 0 Å². The topological polar surface area (TPSA) is 23.8 Å². The second kappa shape index (κ2) is 10.0. The number of halogens is 2. The van der Waals surface area contributed by atoms with Gasteiger partial charge in [-0.05, 0) is 77.8 Å². The summed E-state index contributed by atoms with van der Waals surface area (Å²) in [5.74, 6) is -0.931. The highest BCUT2D eigenvalue weighted by atomic mass is 19.1. The van der Waals surface area contributed by atoms with Gasteiger partial charge in [-0.2, -0.15) is 5.26 Å². The molecule has 0 saturated carbocycles. The van der Waals surface area contributed by atoms with Gasteiger partial charge >= 0.3 is 0 Å². The molecule has 158 valence electrons. The molecule has 0 amide bonds. The molecular weight excluding hydrogens is 400 g/mol. The Morgan fingerprint density at radius 3 is 1.66 bits per heavy atom. The van der Waals surface area contributed by atoms with Crippen molar-refractivity contribution in [2.45, 2.75) is 25.7 Å². The van der Waals surface area contributed by atoms with Crippen molar-refractivity contribution in [2.24, 2.45) is 0 Å². The summed E-state index contributed by atoms with van der Waals surface area (Å²) in [6.07, 6.45) is 2.23. The van der Waals surface area contributed by atoms with Crippen LogP contribution < -0.4 is 0 Å². The van der Waals surface area contributed by atoms with Gasteiger partial charge < -0.3 is 0 Å². The minimum absolute atomic E-state index is 0.157. The van der Waals surface area contributed by atoms with Crippen LogP contribution in [-0.4, -0.2) is 0 Å². The lowest BCUT2D eigenvalue weighted by atomic mass is 9.98. The number of rotatable bonds is 7. The van der Waals surface area contributed by atoms with Crippen LogP contribution in [0.15, 0.2) is 91.0 Å². The Hall–Kier alpha value is -3.77. The average Bonchev–Trinajstić information content (AvgIpc) is 2.83. The zero-order valence-corrected chi connectivity index (χ0v) is 17.7. The van der Waals surface area contributed by atoms with E-state index in [2.05, 4.69) is 6.07 Å². The van der Waals surface area contributed by atoms with Crippen LogP contribution in [0.1, 0.15) is 27.8 Å². The molecule has 0 atom stereocenters. The fourth-order valence-electron chi connectivity index (χ4n) is 3.84. The van der Waals surface area contributed by atoms with Crippen LogP contribution in [0.25, 0.3) is 11.1 Å². The highest BCUT2D eigenvalue weighted by Gasteiger charge is 2.12. The van der Waals surface area contributed by atoms with Crippen molar-refractivity contribution in [2.75, 3.05) is 0 Å². The van der Waals surface area contributed by atoms with Crippen LogP contribution >= 0.6 is 0 Å². The summed E-state index contributed by atoms with van der Waals surface area (Å²) in [6.45, 7) is 0. The lowest BCUT2D eigenvalue weighted by Crippen LogP contribution is -2.02. The number of hydrogen-bond donors (Lipinski definition) is 0. The van der Waals surface area contributed by atoms with Crippen molar-refractivity contribution in [3.8, 4) is 17.2 Å². The van der Waals surface area contributed by atoms with Gasteiger partial charge in [-0.3, -0.25) is 0 Å². The van der Waals surface area contributed by atoms with Gasteiger partial charge in [0.1, 0.15) is 11.6 Å². The maximum atomic E-state index is 14.6. The molecule has 0 aromatic heterocycles. The molecular formula is C29H23F2N. The molecule has 0 unspecified atom stereocenters. The predicted octanol–water partition coefficient (Wildman–Crippen LogP) is 7.07. The monoisotopic (exact) mass is 423 g/mol. The Labute approximate surface area is 187 Å². The van der Waals surface area contributed by atoms with E-state index in [0.717, 1.165) is 22.3 Å². The van der Waals surface area contributed by atoms with Gasteiger partial charge in [0.05, 0.1) is 11.6 Å². The standard InChI is InChI=1S/C29H23F2N/c30-28-18-24(19-29(31)27(28)17-12-21-4-2-1-3-5-21)7-6-22-8-13-25(14-9-22)26-15-10-23(20-32)11-16-26/h1-5,8-11,13-16,18-19H,6-7,12,17H2. The van der Waals surface area contributed by atoms with Crippen LogP contribution in [0, 0.1) is 23.0 Å². The zero-order valence-electron chi connectivity index (χ0n) is 17.7. The molecule has 4 aromatic rings. The summed E-state index contributed by atoms with van der Waals surface area (Å²) in [4.78, 5) is 0. The van der Waals surface area contributed by atoms with E-state index in [1.165, 1.54) is 12.1 Å². The van der Waals surface area contributed by atoms with Gasteiger partial charge in [-0.1, -0.05) is 66.7 Å². The average molecular weight is 424 g/mol. The Kier molecular flexibility index (Phi) is 6.72. The summed E-state index contributed by atoms with van der Waals surface area (Å²) in [5, 5.41) is 8.91. The van der Waals surface area contributed by atoms with E-state index in [9.17, 15) is 8.78 Å². The molecule has 1 nitrogen and oxygen atoms in total. The van der Waals surface area contributed by atoms with Crippen molar-refractivity contribution in [3.05, 3.63) is 130 Å². The first kappa shape index (κ1) is 21.5. The number of hydrogen-bond acceptors (Lipinski definition) is 1. The summed E-state index contributed by atoms with van der Waals surface area (Å²) in [6, 6.07) is 30.4. The molecule has 0 saturated heterocycles. The summed E-state index contributed by atoms with van der Waals surface area (Å²) in [7, 11) is 0. The molecule has 0 heterocycles. The highest BCUT2D eigenvalue weighted by molar-refractivity contribution is 5.64. The van der Waals surface area contributed by atoms with Gasteiger partial charge in [-0.25, -0.2) is 8.78 Å². The maximum absolute atomic E-state index is 14.6. The molecule has 4 aromatic carbocycles. The molecule has 0 aliphatic heterocycles. The van der Waals surface area contributed by atoms with Crippen LogP contribution in [0.3, 0.4) is 0 Å². The smallest absolute Gasteiger partial charge is 0.129 e. The number of nitrogens with zero attached hydrogens (tertiary/aromatic N) is 1. The second-order valence-electron chi connectivity index (χ2n) is 7.91. The fourth-order valence-corrected chi connectivity index (χ4v) is 3.84. The molecule has 0 spiro atoms. The van der Waals surface area contributed by atoms with Crippen molar-refractivity contribution in [1.29, 1.82) is 5.26 Å². The van der Waals surface area contributed by atoms with E-state index < -0.39 is 11.6 Å². The van der Waals surface area contributed by atoms with E-state index in [4.69, 9.17) is 5.26 Å². The minimum Gasteiger partial charge on any atom is -0.207 e. The fraction of sp³-hybridized carbons (Fsp3) is 0.138. The molecule has 0 radical (unpaired) electrons. The predicted molar refractivity (Wildman–Crippen MR) is 124 cm³/mol. The van der Waals surface area contributed by atoms with Gasteiger partial charge in [0.2, 0.25) is 0 Å². The molecule has 3 heteroatoms. The number of aryl methyl sites for hydroxylation is 3. The first-order valence-electron chi connectivity index (χ1n) is 10.7. The van der Waals surface area contributed by atoms with Gasteiger partial charge in [0.15, 0.2) is 0 Å². The minimum atomic E-state index is -0.466. The first-order valence-corrected chi connectivity index (χ1v) is 10.7. The van der Waals surface area contributed by atoms with Crippen molar-refractivity contribution in [1.82, 2.24) is 0 Å². The van der Waals surface area contributed by atoms with E-state index in [1.807, 2.05) is 66.7 Å². The lowest BCUT2D eigenvalue weighted by molar-refractivity contribution is 0.551. The summed E-state index contributed by atoms with van der Waals surface area (Å²) >= 11 is 0. The van der Waals surface area contributed by atoms with Gasteiger partial charge in [0, 0.05) is 5.56 Å². The first-order chi connectivity index (χ1) is 15.6. The number of nitriles is 1. The molecule has 0 aliphatic rings. The third-order valence-electron chi connectivity index (χ3n) is 5.71. The van der Waals surface area contributed by atoms with Gasteiger partial charge in [0.25, 0.3) is 0 Å². The molecule has 0 fully saturated rings. The molecule has 0 aliphatic carbocycles. The van der Waals surface area contributed by atoms with Crippen molar-refractivity contribution >= 4 is 0 Å². The van der Waals surface area contributed by atoms with Crippen LogP contribution in [0.2, 0.25) is 0 Å². The van der Waals surface area contributed by atoms with Crippen LogP contribution in [0.4, 0.5) is 8.78 Å². The van der Waals surface area contributed by atoms with E-state index in [1.54, 1.807) is 12.1 Å². The largest absolute Gasteiger partial charge is 0.207 e. The molecule has 4 rings (SSSR count). The lowest BCUT2D eigenvalue weighted by Gasteiger charge is -2.09. The normalized spacial score (nSPS) is 10.7. The molecule has 0 bridgehead atoms. The molecule has 32 heavy (non-hydrogen) atoms. The quantitative estimate of drug-likeness (QED) is 0.312. The third kappa shape index (κ3) is 5.28. The van der Waals surface area contributed by atoms with Crippen LogP contribution in [-0.2, 0) is 25.7 Å². The second-order valence-corrected chi connectivity index (χ2v) is 7.91. The van der Waals surface area contributed by atoms with Crippen LogP contribution in [0.5, 0.6) is 0 Å². The zero-order chi connectivity index (χ0) is 22.3. The van der Waals surface area contributed by atoms with E-state index >= 15 is 0 Å². The highest BCUT2D eigenvalue weighted by Crippen LogP contribution is 2.22. The summed E-state index contributed by atoms with van der Waals surface area (Å²) in [5.41, 5.74) is 5.75. The maximum Gasteiger partial charge on any atom is 0.129 e. The Morgan fingerprint density at radius 1 is 0.562 bits per heavy atom. The Morgan fingerprint density at radius 2 is 1.06 bits per heavy atom. The third-order valence-corrected chi connectivity index (χ3v) is 5.71. The summed E-state index contributed by atoms with van der Waals surface area (Å²) < 4.78 is 29.1. The number of benzene rings is 4. The Balaban J connectivity index is 1.38. The van der Waals surface area contributed by atoms with Crippen molar-refractivity contribution < 1.29 is 8.78 Å². The SMILES string of the molecule is N#Cc1ccc(-c2ccc(CCc3cc(F)c(CCc4ccccc4)c(F)c3)cc2)cc1. The Bertz CT molecular complexity index is 1200. The molecule has 0 N–H and O–H groups in total. The van der Waals surface area contributed by atoms with Gasteiger partial charge in [-0.15, -0.1) is 0 Å².